The zero-order valence-corrected chi connectivity index (χ0v) is 14.3. The summed E-state index contributed by atoms with van der Waals surface area (Å²) >= 11 is 0. The molecule has 0 aromatic heterocycles. The van der Waals surface area contributed by atoms with Gasteiger partial charge in [0.1, 0.15) is 12.6 Å². The molecule has 0 radical (unpaired) electrons. The van der Waals surface area contributed by atoms with Gasteiger partial charge in [-0.15, -0.1) is 0 Å². The number of nitrogens with one attached hydrogen (secondary N) is 1. The van der Waals surface area contributed by atoms with Gasteiger partial charge in [-0.1, -0.05) is 30.0 Å². The predicted octanol–water partition coefficient (Wildman–Crippen LogP) is 0.770. The molecule has 1 aliphatic heterocycles. The highest BCUT2D eigenvalue weighted by molar-refractivity contribution is 5.89. The normalized spacial score (nSPS) is 17.2. The largest absolute Gasteiger partial charge is 0.391 e. The average Bonchev–Trinajstić information content (AvgIpc) is 2.64. The Balaban J connectivity index is 1.86. The number of urea groups is 1. The standard InChI is InChI=1S/C19H24N2O4/c1-14(23)18(17(24)13-22)20-19(25)21-11-9-16(10-12-21)8-7-15-5-3-2-4-6-15/h2-6,14,16,18,22-23H,9-13H2,1H3,(H,20,25)/t14-,18+/m1/s1. The Morgan fingerprint density at radius 3 is 2.48 bits per heavy atom. The maximum atomic E-state index is 12.3. The van der Waals surface area contributed by atoms with Crippen LogP contribution in [0.1, 0.15) is 25.3 Å². The van der Waals surface area contributed by atoms with Crippen LogP contribution in [0.15, 0.2) is 30.3 Å². The maximum absolute atomic E-state index is 12.3. The second kappa shape index (κ2) is 9.21. The first kappa shape index (κ1) is 19.0. The lowest BCUT2D eigenvalue weighted by Crippen LogP contribution is -2.54. The first-order valence-electron chi connectivity index (χ1n) is 8.45. The molecule has 3 N–H and O–H groups in total. The topological polar surface area (TPSA) is 89.9 Å². The summed E-state index contributed by atoms with van der Waals surface area (Å²) in [6, 6.07) is 8.28. The number of amides is 2. The van der Waals surface area contributed by atoms with E-state index in [9.17, 15) is 14.7 Å². The molecule has 1 fully saturated rings. The molecule has 1 saturated heterocycles. The van der Waals surface area contributed by atoms with E-state index < -0.39 is 30.6 Å². The number of hydrogen-bond donors (Lipinski definition) is 3. The summed E-state index contributed by atoms with van der Waals surface area (Å²) in [5.41, 5.74) is 0.977. The van der Waals surface area contributed by atoms with E-state index in [1.807, 2.05) is 30.3 Å². The van der Waals surface area contributed by atoms with Gasteiger partial charge in [-0.25, -0.2) is 4.79 Å². The van der Waals surface area contributed by atoms with Gasteiger partial charge >= 0.3 is 6.03 Å². The van der Waals surface area contributed by atoms with Crippen molar-refractivity contribution < 1.29 is 19.8 Å². The molecule has 0 saturated carbocycles. The van der Waals surface area contributed by atoms with E-state index in [0.717, 1.165) is 18.4 Å². The molecule has 0 bridgehead atoms. The molecule has 1 aromatic rings. The number of hydrogen-bond acceptors (Lipinski definition) is 4. The van der Waals surface area contributed by atoms with Crippen molar-refractivity contribution in [2.24, 2.45) is 5.92 Å². The molecular weight excluding hydrogens is 320 g/mol. The van der Waals surface area contributed by atoms with Crippen molar-refractivity contribution in [2.75, 3.05) is 19.7 Å². The molecule has 1 aromatic carbocycles. The molecule has 0 unspecified atom stereocenters. The molecule has 134 valence electrons. The van der Waals surface area contributed by atoms with E-state index in [4.69, 9.17) is 5.11 Å². The fourth-order valence-electron chi connectivity index (χ4n) is 2.73. The Hall–Kier alpha value is -2.36. The number of rotatable bonds is 4. The summed E-state index contributed by atoms with van der Waals surface area (Å²) in [6.07, 6.45) is 0.471. The van der Waals surface area contributed by atoms with Gasteiger partial charge in [0.05, 0.1) is 6.10 Å². The van der Waals surface area contributed by atoms with Crippen molar-refractivity contribution in [3.8, 4) is 11.8 Å². The van der Waals surface area contributed by atoms with Crippen LogP contribution in [0.25, 0.3) is 0 Å². The number of Topliss-reactive ketones (excluding diaryl/α,β-unsaturated/α-hetero) is 1. The van der Waals surface area contributed by atoms with Crippen molar-refractivity contribution in [3.05, 3.63) is 35.9 Å². The van der Waals surface area contributed by atoms with Gasteiger partial charge in [0.2, 0.25) is 0 Å². The van der Waals surface area contributed by atoms with Crippen LogP contribution in [0.4, 0.5) is 4.79 Å². The first-order chi connectivity index (χ1) is 12.0. The van der Waals surface area contributed by atoms with Crippen LogP contribution < -0.4 is 5.32 Å². The number of likely N-dealkylation sites (tertiary alicyclic amines) is 1. The van der Waals surface area contributed by atoms with Gasteiger partial charge < -0.3 is 20.4 Å². The Kier molecular flexibility index (Phi) is 6.99. The smallest absolute Gasteiger partial charge is 0.318 e. The quantitative estimate of drug-likeness (QED) is 0.704. The van der Waals surface area contributed by atoms with Crippen LogP contribution in [0.5, 0.6) is 0 Å². The Morgan fingerprint density at radius 2 is 1.92 bits per heavy atom. The Labute approximate surface area is 147 Å². The fraction of sp³-hybridized carbons (Fsp3) is 0.474. The van der Waals surface area contributed by atoms with E-state index in [1.54, 1.807) is 4.90 Å². The second-order valence-electron chi connectivity index (χ2n) is 6.19. The lowest BCUT2D eigenvalue weighted by atomic mass is 9.97. The third-order valence-corrected chi connectivity index (χ3v) is 4.24. The Bertz CT molecular complexity index is 640. The minimum absolute atomic E-state index is 0.232. The molecule has 6 heteroatoms. The predicted molar refractivity (Wildman–Crippen MR) is 93.7 cm³/mol. The summed E-state index contributed by atoms with van der Waals surface area (Å²) in [5, 5.41) is 21.0. The van der Waals surface area contributed by atoms with Crippen LogP contribution in [0, 0.1) is 17.8 Å². The third-order valence-electron chi connectivity index (χ3n) is 4.24. The number of piperidine rings is 1. The van der Waals surface area contributed by atoms with Gasteiger partial charge in [0.15, 0.2) is 5.78 Å². The molecular formula is C19H24N2O4. The van der Waals surface area contributed by atoms with Gasteiger partial charge in [-0.05, 0) is 31.9 Å². The molecule has 1 aliphatic rings. The zero-order valence-electron chi connectivity index (χ0n) is 14.3. The van der Waals surface area contributed by atoms with Crippen LogP contribution in [-0.2, 0) is 4.79 Å². The minimum atomic E-state index is -1.09. The van der Waals surface area contributed by atoms with Crippen molar-refractivity contribution in [3.63, 3.8) is 0 Å². The number of nitrogens with zero attached hydrogens (tertiary/aromatic N) is 1. The molecule has 0 aliphatic carbocycles. The molecule has 2 amide bonds. The van der Waals surface area contributed by atoms with E-state index in [0.29, 0.717) is 13.1 Å². The summed E-state index contributed by atoms with van der Waals surface area (Å²) in [4.78, 5) is 25.4. The van der Waals surface area contributed by atoms with E-state index >= 15 is 0 Å². The van der Waals surface area contributed by atoms with Crippen LogP contribution in [0.3, 0.4) is 0 Å². The fourth-order valence-corrected chi connectivity index (χ4v) is 2.73. The summed E-state index contributed by atoms with van der Waals surface area (Å²) in [5.74, 6) is 6.03. The minimum Gasteiger partial charge on any atom is -0.391 e. The number of carbonyl (C=O) groups is 2. The van der Waals surface area contributed by atoms with Crippen molar-refractivity contribution in [1.82, 2.24) is 10.2 Å². The SMILES string of the molecule is C[C@@H](O)[C@H](NC(=O)N1CCC(C#Cc2ccccc2)CC1)C(=O)CO. The maximum Gasteiger partial charge on any atom is 0.318 e. The van der Waals surface area contributed by atoms with Crippen LogP contribution in [0.2, 0.25) is 0 Å². The summed E-state index contributed by atoms with van der Waals surface area (Å²) < 4.78 is 0. The van der Waals surface area contributed by atoms with E-state index in [-0.39, 0.29) is 5.92 Å². The van der Waals surface area contributed by atoms with Crippen LogP contribution >= 0.6 is 0 Å². The van der Waals surface area contributed by atoms with Crippen LogP contribution in [-0.4, -0.2) is 58.8 Å². The number of aliphatic hydroxyl groups is 2. The lowest BCUT2D eigenvalue weighted by molar-refractivity contribution is -0.125. The van der Waals surface area contributed by atoms with E-state index in [1.165, 1.54) is 6.92 Å². The van der Waals surface area contributed by atoms with Crippen molar-refractivity contribution >= 4 is 11.8 Å². The molecule has 2 atom stereocenters. The number of ketones is 1. The van der Waals surface area contributed by atoms with Crippen molar-refractivity contribution in [2.45, 2.75) is 31.9 Å². The van der Waals surface area contributed by atoms with Gasteiger partial charge in [0.25, 0.3) is 0 Å². The highest BCUT2D eigenvalue weighted by Crippen LogP contribution is 2.17. The lowest BCUT2D eigenvalue weighted by Gasteiger charge is -2.31. The van der Waals surface area contributed by atoms with Gasteiger partial charge in [0, 0.05) is 24.6 Å². The molecule has 2 rings (SSSR count). The van der Waals surface area contributed by atoms with Gasteiger partial charge in [-0.3, -0.25) is 4.79 Å². The molecule has 25 heavy (non-hydrogen) atoms. The average molecular weight is 344 g/mol. The number of benzene rings is 1. The second-order valence-corrected chi connectivity index (χ2v) is 6.19. The monoisotopic (exact) mass is 344 g/mol. The number of aliphatic hydroxyl groups excluding tert-OH is 2. The molecule has 1 heterocycles. The van der Waals surface area contributed by atoms with E-state index in [2.05, 4.69) is 17.2 Å². The summed E-state index contributed by atoms with van der Waals surface area (Å²) in [7, 11) is 0. The third kappa shape index (κ3) is 5.59. The van der Waals surface area contributed by atoms with Crippen molar-refractivity contribution in [1.29, 1.82) is 0 Å². The number of carbonyl (C=O) groups excluding carboxylic acids is 2. The summed E-state index contributed by atoms with van der Waals surface area (Å²) in [6.45, 7) is 1.77. The highest BCUT2D eigenvalue weighted by atomic mass is 16.3. The molecule has 6 nitrogen and oxygen atoms in total. The highest BCUT2D eigenvalue weighted by Gasteiger charge is 2.28. The van der Waals surface area contributed by atoms with Gasteiger partial charge in [-0.2, -0.15) is 0 Å². The molecule has 0 spiro atoms. The Morgan fingerprint density at radius 1 is 1.28 bits per heavy atom. The first-order valence-corrected chi connectivity index (χ1v) is 8.45. The zero-order chi connectivity index (χ0) is 18.2.